The molecule has 0 atom stereocenters. The van der Waals surface area contributed by atoms with Gasteiger partial charge >= 0.3 is 12.0 Å². The Bertz CT molecular complexity index is 1160. The summed E-state index contributed by atoms with van der Waals surface area (Å²) in [6.45, 7) is 0. The molecule has 32 heavy (non-hydrogen) atoms. The molecule has 0 bridgehead atoms. The molecule has 2 heterocycles. The van der Waals surface area contributed by atoms with E-state index in [0.717, 1.165) is 5.69 Å². The molecule has 2 aromatic heterocycles. The van der Waals surface area contributed by atoms with Gasteiger partial charge in [-0.3, -0.25) is 0 Å². The van der Waals surface area contributed by atoms with E-state index in [1.165, 1.54) is 0 Å². The maximum absolute atomic E-state index is 5.97. The van der Waals surface area contributed by atoms with Crippen LogP contribution in [0.4, 0.5) is 35.3 Å². The Morgan fingerprint density at radius 3 is 1.75 bits per heavy atom. The number of rotatable bonds is 6. The van der Waals surface area contributed by atoms with Crippen LogP contribution in [0.15, 0.2) is 45.4 Å². The number of para-hydroxylation sites is 1. The minimum absolute atomic E-state index is 0.291. The highest BCUT2D eigenvalue weighted by atomic mass is 35.5. The van der Waals surface area contributed by atoms with Crippen molar-refractivity contribution in [1.29, 1.82) is 0 Å². The van der Waals surface area contributed by atoms with Gasteiger partial charge in [-0.1, -0.05) is 52.5 Å². The molecule has 0 aliphatic rings. The van der Waals surface area contributed by atoms with Crippen molar-refractivity contribution >= 4 is 81.7 Å². The van der Waals surface area contributed by atoms with Crippen LogP contribution in [0.1, 0.15) is 0 Å². The molecule has 0 spiro atoms. The second kappa shape index (κ2) is 11.1. The van der Waals surface area contributed by atoms with E-state index in [4.69, 9.17) is 55.4 Å². The Labute approximate surface area is 202 Å². The van der Waals surface area contributed by atoms with E-state index >= 15 is 0 Å². The van der Waals surface area contributed by atoms with E-state index in [1.807, 2.05) is 0 Å². The summed E-state index contributed by atoms with van der Waals surface area (Å²) in [5.74, 6) is 0.641. The molecule has 0 aliphatic carbocycles. The van der Waals surface area contributed by atoms with Gasteiger partial charge in [-0.15, -0.1) is 0 Å². The fraction of sp³-hybridized carbons (Fsp3) is 0.111. The third-order valence-electron chi connectivity index (χ3n) is 3.66. The SMILES string of the molecule is CNc1nc(Nc2c(Cl)cccc2Cl)no1.CNc1nc(Nc2ccc(Cl)c(Cl)c2)no1. The van der Waals surface area contributed by atoms with Crippen molar-refractivity contribution < 1.29 is 9.05 Å². The zero-order chi connectivity index (χ0) is 23.1. The van der Waals surface area contributed by atoms with Crippen molar-refractivity contribution in [3.8, 4) is 0 Å². The van der Waals surface area contributed by atoms with Crippen LogP contribution >= 0.6 is 46.4 Å². The van der Waals surface area contributed by atoms with Crippen molar-refractivity contribution in [2.24, 2.45) is 0 Å². The summed E-state index contributed by atoms with van der Waals surface area (Å²) in [5, 5.41) is 20.6. The normalized spacial score (nSPS) is 10.2. The summed E-state index contributed by atoms with van der Waals surface area (Å²) in [4.78, 5) is 7.99. The Morgan fingerprint density at radius 2 is 1.25 bits per heavy atom. The molecule has 14 heteroatoms. The van der Waals surface area contributed by atoms with Gasteiger partial charge in [0.05, 0.1) is 25.8 Å². The second-order valence-corrected chi connectivity index (χ2v) is 7.45. The van der Waals surface area contributed by atoms with Crippen molar-refractivity contribution in [3.05, 3.63) is 56.5 Å². The fourth-order valence-corrected chi connectivity index (χ4v) is 2.97. The minimum Gasteiger partial charge on any atom is -0.341 e. The van der Waals surface area contributed by atoms with Gasteiger partial charge in [0.25, 0.3) is 11.9 Å². The van der Waals surface area contributed by atoms with Gasteiger partial charge < -0.3 is 30.3 Å². The summed E-state index contributed by atoms with van der Waals surface area (Å²) < 4.78 is 9.69. The first kappa shape index (κ1) is 23.7. The topological polar surface area (TPSA) is 126 Å². The van der Waals surface area contributed by atoms with Crippen LogP contribution in [0.25, 0.3) is 0 Å². The standard InChI is InChI=1S/2C9H8Cl2N4O/c1-12-9-14-8(15-16-9)13-5-2-3-6(10)7(11)4-5;1-12-9-14-8(15-16-9)13-7-5(10)3-2-4-6(7)11/h2*2-4H,1H3,(H2,12,13,14,15). The molecule has 0 saturated carbocycles. The molecule has 4 N–H and O–H groups in total. The Balaban J connectivity index is 0.000000181. The third-order valence-corrected chi connectivity index (χ3v) is 5.02. The van der Waals surface area contributed by atoms with Crippen LogP contribution < -0.4 is 21.3 Å². The van der Waals surface area contributed by atoms with Gasteiger partial charge in [0, 0.05) is 19.8 Å². The number of aromatic nitrogens is 4. The first-order valence-corrected chi connectivity index (χ1v) is 10.4. The predicted octanol–water partition coefficient (Wildman–Crippen LogP) is 6.32. The van der Waals surface area contributed by atoms with Crippen LogP contribution in [0.3, 0.4) is 0 Å². The first-order chi connectivity index (χ1) is 15.4. The average Bonchev–Trinajstić information content (AvgIpc) is 3.43. The minimum atomic E-state index is 0.291. The summed E-state index contributed by atoms with van der Waals surface area (Å²) in [6, 6.07) is 11.0. The number of halogens is 4. The van der Waals surface area contributed by atoms with Crippen molar-refractivity contribution in [2.45, 2.75) is 0 Å². The lowest BCUT2D eigenvalue weighted by Crippen LogP contribution is -1.94. The molecule has 0 amide bonds. The van der Waals surface area contributed by atoms with E-state index < -0.39 is 0 Å². The molecule has 4 aromatic rings. The number of benzene rings is 2. The van der Waals surface area contributed by atoms with Crippen LogP contribution in [0.2, 0.25) is 20.1 Å². The lowest BCUT2D eigenvalue weighted by Gasteiger charge is -2.05. The van der Waals surface area contributed by atoms with Gasteiger partial charge in [0.15, 0.2) is 0 Å². The van der Waals surface area contributed by atoms with Crippen molar-refractivity contribution in [2.75, 3.05) is 35.4 Å². The van der Waals surface area contributed by atoms with Gasteiger partial charge in [-0.2, -0.15) is 9.97 Å². The smallest absolute Gasteiger partial charge is 0.322 e. The summed E-state index contributed by atoms with van der Waals surface area (Å²) in [7, 11) is 3.37. The fourth-order valence-electron chi connectivity index (χ4n) is 2.18. The van der Waals surface area contributed by atoms with Crippen molar-refractivity contribution in [3.63, 3.8) is 0 Å². The average molecular weight is 518 g/mol. The van der Waals surface area contributed by atoms with E-state index in [1.54, 1.807) is 50.5 Å². The van der Waals surface area contributed by atoms with E-state index in [0.29, 0.717) is 49.7 Å². The summed E-state index contributed by atoms with van der Waals surface area (Å²) >= 11 is 23.6. The number of nitrogens with one attached hydrogen (secondary N) is 4. The monoisotopic (exact) mass is 516 g/mol. The molecular weight excluding hydrogens is 502 g/mol. The maximum Gasteiger partial charge on any atom is 0.322 e. The van der Waals surface area contributed by atoms with Gasteiger partial charge in [0.1, 0.15) is 0 Å². The molecule has 0 unspecified atom stereocenters. The second-order valence-electron chi connectivity index (χ2n) is 5.82. The molecule has 0 saturated heterocycles. The van der Waals surface area contributed by atoms with E-state index in [2.05, 4.69) is 41.5 Å². The third kappa shape index (κ3) is 6.30. The number of anilines is 6. The molecule has 10 nitrogen and oxygen atoms in total. The lowest BCUT2D eigenvalue weighted by atomic mass is 10.3. The Morgan fingerprint density at radius 1 is 0.688 bits per heavy atom. The maximum atomic E-state index is 5.97. The lowest BCUT2D eigenvalue weighted by molar-refractivity contribution is 0.434. The zero-order valence-corrected chi connectivity index (χ0v) is 19.6. The molecular formula is C18H16Cl4N8O2. The predicted molar refractivity (Wildman–Crippen MR) is 127 cm³/mol. The highest BCUT2D eigenvalue weighted by molar-refractivity contribution is 6.42. The summed E-state index contributed by atoms with van der Waals surface area (Å²) in [5.41, 5.74) is 1.28. The molecule has 4 rings (SSSR count). The highest BCUT2D eigenvalue weighted by Crippen LogP contribution is 2.32. The van der Waals surface area contributed by atoms with Gasteiger partial charge in [-0.05, 0) is 40.6 Å². The van der Waals surface area contributed by atoms with Crippen LogP contribution in [-0.2, 0) is 0 Å². The molecule has 2 aromatic carbocycles. The van der Waals surface area contributed by atoms with Crippen LogP contribution in [0.5, 0.6) is 0 Å². The Kier molecular flexibility index (Phi) is 8.23. The number of nitrogens with zero attached hydrogens (tertiary/aromatic N) is 4. The van der Waals surface area contributed by atoms with Gasteiger partial charge in [0.2, 0.25) is 0 Å². The highest BCUT2D eigenvalue weighted by Gasteiger charge is 2.10. The molecule has 168 valence electrons. The van der Waals surface area contributed by atoms with E-state index in [-0.39, 0.29) is 0 Å². The van der Waals surface area contributed by atoms with Gasteiger partial charge in [-0.25, -0.2) is 0 Å². The zero-order valence-electron chi connectivity index (χ0n) is 16.6. The Hall–Kier alpha value is -2.92. The van der Waals surface area contributed by atoms with E-state index in [9.17, 15) is 0 Å². The molecule has 0 radical (unpaired) electrons. The van der Waals surface area contributed by atoms with Crippen LogP contribution in [-0.4, -0.2) is 34.4 Å². The number of hydrogen-bond acceptors (Lipinski definition) is 10. The van der Waals surface area contributed by atoms with Crippen molar-refractivity contribution in [1.82, 2.24) is 20.3 Å². The summed E-state index contributed by atoms with van der Waals surface area (Å²) in [6.07, 6.45) is 0. The molecule has 0 fully saturated rings. The first-order valence-electron chi connectivity index (χ1n) is 8.85. The van der Waals surface area contributed by atoms with Crippen LogP contribution in [0, 0.1) is 0 Å². The quantitative estimate of drug-likeness (QED) is 0.230. The number of hydrogen-bond donors (Lipinski definition) is 4. The molecule has 0 aliphatic heterocycles. The largest absolute Gasteiger partial charge is 0.341 e.